The number of aromatic nitrogens is 3. The van der Waals surface area contributed by atoms with E-state index in [1.165, 1.54) is 11.9 Å². The molecule has 3 rings (SSSR count). The van der Waals surface area contributed by atoms with Crippen molar-refractivity contribution >= 4 is 23.2 Å². The maximum atomic E-state index is 13.2. The van der Waals surface area contributed by atoms with Gasteiger partial charge in [-0.05, 0) is 17.4 Å². The summed E-state index contributed by atoms with van der Waals surface area (Å²) in [6, 6.07) is 2.63. The standard InChI is InChI=1S/C17H23N5O3S/c1-10(2)15(22-9-12(19-20-22)14-5-4-6-26-14)17(25)21-8-11(23)7-13(21)16(24)18-3/h4-6,9-11,13,15,23H,7-8H2,1-3H3,(H,18,24)/t11?,13-,15?/m1/s1. The normalized spacial score (nSPS) is 21.2. The molecule has 26 heavy (non-hydrogen) atoms. The lowest BCUT2D eigenvalue weighted by atomic mass is 10.0. The molecule has 1 aliphatic heterocycles. The van der Waals surface area contributed by atoms with Crippen molar-refractivity contribution < 1.29 is 14.7 Å². The molecule has 1 saturated heterocycles. The number of nitrogens with zero attached hydrogens (tertiary/aromatic N) is 4. The topological polar surface area (TPSA) is 100 Å². The molecule has 2 N–H and O–H groups in total. The van der Waals surface area contributed by atoms with Gasteiger partial charge in [-0.2, -0.15) is 0 Å². The Kier molecular flexibility index (Phi) is 5.38. The van der Waals surface area contributed by atoms with Gasteiger partial charge in [-0.25, -0.2) is 4.68 Å². The maximum absolute atomic E-state index is 13.2. The number of hydrogen-bond acceptors (Lipinski definition) is 6. The summed E-state index contributed by atoms with van der Waals surface area (Å²) in [5.74, 6) is -0.550. The van der Waals surface area contributed by atoms with Crippen molar-refractivity contribution in [1.82, 2.24) is 25.2 Å². The van der Waals surface area contributed by atoms with E-state index < -0.39 is 18.2 Å². The van der Waals surface area contributed by atoms with Gasteiger partial charge < -0.3 is 15.3 Å². The molecule has 2 aromatic rings. The molecule has 1 aliphatic rings. The summed E-state index contributed by atoms with van der Waals surface area (Å²) in [5.41, 5.74) is 0.711. The summed E-state index contributed by atoms with van der Waals surface area (Å²) < 4.78 is 1.56. The number of aliphatic hydroxyl groups excluding tert-OH is 1. The summed E-state index contributed by atoms with van der Waals surface area (Å²) in [6.45, 7) is 4.00. The average Bonchev–Trinajstić information content (AvgIpc) is 3.33. The van der Waals surface area contributed by atoms with Crippen molar-refractivity contribution in [3.63, 3.8) is 0 Å². The van der Waals surface area contributed by atoms with Crippen molar-refractivity contribution in [2.45, 2.75) is 38.5 Å². The van der Waals surface area contributed by atoms with Gasteiger partial charge in [0.2, 0.25) is 11.8 Å². The lowest BCUT2D eigenvalue weighted by Gasteiger charge is -2.29. The highest BCUT2D eigenvalue weighted by Crippen LogP contribution is 2.28. The lowest BCUT2D eigenvalue weighted by Crippen LogP contribution is -2.48. The van der Waals surface area contributed by atoms with Gasteiger partial charge in [0.15, 0.2) is 0 Å². The van der Waals surface area contributed by atoms with Crippen LogP contribution in [0.1, 0.15) is 26.3 Å². The zero-order chi connectivity index (χ0) is 18.8. The SMILES string of the molecule is CNC(=O)[C@H]1CC(O)CN1C(=O)C(C(C)C)n1cc(-c2cccs2)nn1. The minimum atomic E-state index is -0.702. The third-order valence-corrected chi connectivity index (χ3v) is 5.46. The van der Waals surface area contributed by atoms with Crippen molar-refractivity contribution in [3.8, 4) is 10.6 Å². The highest BCUT2D eigenvalue weighted by atomic mass is 32.1. The molecule has 0 aliphatic carbocycles. The second kappa shape index (κ2) is 7.55. The molecule has 9 heteroatoms. The largest absolute Gasteiger partial charge is 0.391 e. The zero-order valence-electron chi connectivity index (χ0n) is 15.0. The van der Waals surface area contributed by atoms with Crippen LogP contribution in [0.15, 0.2) is 23.7 Å². The number of hydrogen-bond donors (Lipinski definition) is 2. The summed E-state index contributed by atoms with van der Waals surface area (Å²) in [7, 11) is 1.53. The molecule has 2 unspecified atom stereocenters. The number of rotatable bonds is 5. The van der Waals surface area contributed by atoms with Crippen LogP contribution in [-0.2, 0) is 9.59 Å². The van der Waals surface area contributed by atoms with Gasteiger partial charge in [0.25, 0.3) is 0 Å². The first-order valence-corrected chi connectivity index (χ1v) is 9.46. The number of carbonyl (C=O) groups is 2. The van der Waals surface area contributed by atoms with Crippen LogP contribution in [0, 0.1) is 5.92 Å². The van der Waals surface area contributed by atoms with Crippen LogP contribution in [0.5, 0.6) is 0 Å². The van der Waals surface area contributed by atoms with E-state index in [1.54, 1.807) is 22.2 Å². The summed E-state index contributed by atoms with van der Waals surface area (Å²) in [4.78, 5) is 27.8. The van der Waals surface area contributed by atoms with E-state index in [4.69, 9.17) is 0 Å². The first-order chi connectivity index (χ1) is 12.4. The molecule has 2 amide bonds. The molecule has 3 heterocycles. The molecular formula is C17H23N5O3S. The Morgan fingerprint density at radius 3 is 2.81 bits per heavy atom. The quantitative estimate of drug-likeness (QED) is 0.807. The third kappa shape index (κ3) is 3.49. The van der Waals surface area contributed by atoms with E-state index in [9.17, 15) is 14.7 Å². The van der Waals surface area contributed by atoms with E-state index in [-0.39, 0.29) is 30.7 Å². The molecule has 2 aromatic heterocycles. The average molecular weight is 377 g/mol. The van der Waals surface area contributed by atoms with Gasteiger partial charge in [-0.15, -0.1) is 16.4 Å². The molecule has 0 aromatic carbocycles. The van der Waals surface area contributed by atoms with Crippen LogP contribution >= 0.6 is 11.3 Å². The summed E-state index contributed by atoms with van der Waals surface area (Å²) >= 11 is 1.55. The van der Waals surface area contributed by atoms with Gasteiger partial charge in [0.1, 0.15) is 17.8 Å². The van der Waals surface area contributed by atoms with Crippen molar-refractivity contribution in [3.05, 3.63) is 23.7 Å². The zero-order valence-corrected chi connectivity index (χ0v) is 15.8. The van der Waals surface area contributed by atoms with E-state index in [2.05, 4.69) is 15.6 Å². The lowest BCUT2D eigenvalue weighted by molar-refractivity contribution is -0.142. The Hall–Kier alpha value is -2.26. The van der Waals surface area contributed by atoms with Crippen molar-refractivity contribution in [2.75, 3.05) is 13.6 Å². The van der Waals surface area contributed by atoms with Crippen LogP contribution < -0.4 is 5.32 Å². The molecule has 3 atom stereocenters. The Bertz CT molecular complexity index is 773. The number of likely N-dealkylation sites (N-methyl/N-ethyl adjacent to an activating group) is 1. The van der Waals surface area contributed by atoms with E-state index in [0.29, 0.717) is 5.69 Å². The van der Waals surface area contributed by atoms with Crippen LogP contribution in [0.4, 0.5) is 0 Å². The van der Waals surface area contributed by atoms with Gasteiger partial charge in [-0.1, -0.05) is 25.1 Å². The monoisotopic (exact) mass is 377 g/mol. The number of thiophene rings is 1. The summed E-state index contributed by atoms with van der Waals surface area (Å²) in [6.07, 6.45) is 1.30. The number of amides is 2. The van der Waals surface area contributed by atoms with Gasteiger partial charge in [0.05, 0.1) is 17.2 Å². The molecule has 8 nitrogen and oxygen atoms in total. The number of aliphatic hydroxyl groups is 1. The summed E-state index contributed by atoms with van der Waals surface area (Å²) in [5, 5.41) is 22.8. The van der Waals surface area contributed by atoms with Crippen LogP contribution in [0.25, 0.3) is 10.6 Å². The Morgan fingerprint density at radius 1 is 1.42 bits per heavy atom. The predicted molar refractivity (Wildman–Crippen MR) is 97.4 cm³/mol. The molecule has 0 spiro atoms. The first kappa shape index (κ1) is 18.5. The van der Waals surface area contributed by atoms with E-state index >= 15 is 0 Å². The first-order valence-electron chi connectivity index (χ1n) is 8.58. The van der Waals surface area contributed by atoms with E-state index in [0.717, 1.165) is 4.88 Å². The highest BCUT2D eigenvalue weighted by molar-refractivity contribution is 7.13. The second-order valence-electron chi connectivity index (χ2n) is 6.76. The molecule has 0 bridgehead atoms. The maximum Gasteiger partial charge on any atom is 0.248 e. The highest BCUT2D eigenvalue weighted by Gasteiger charge is 2.42. The van der Waals surface area contributed by atoms with Gasteiger partial charge in [-0.3, -0.25) is 9.59 Å². The molecule has 0 saturated carbocycles. The molecule has 1 fully saturated rings. The number of carbonyl (C=O) groups excluding carboxylic acids is 2. The van der Waals surface area contributed by atoms with Crippen LogP contribution in [0.2, 0.25) is 0 Å². The minimum absolute atomic E-state index is 0.0523. The Morgan fingerprint density at radius 2 is 2.19 bits per heavy atom. The fraction of sp³-hybridized carbons (Fsp3) is 0.529. The van der Waals surface area contributed by atoms with E-state index in [1.807, 2.05) is 31.4 Å². The number of likely N-dealkylation sites (tertiary alicyclic amines) is 1. The molecular weight excluding hydrogens is 354 g/mol. The van der Waals surface area contributed by atoms with Crippen molar-refractivity contribution in [2.24, 2.45) is 5.92 Å². The predicted octanol–water partition coefficient (Wildman–Crippen LogP) is 0.911. The Balaban J connectivity index is 1.88. The third-order valence-electron chi connectivity index (χ3n) is 4.56. The van der Waals surface area contributed by atoms with Gasteiger partial charge in [0, 0.05) is 20.0 Å². The van der Waals surface area contributed by atoms with Crippen LogP contribution in [-0.4, -0.2) is 62.6 Å². The second-order valence-corrected chi connectivity index (χ2v) is 7.71. The van der Waals surface area contributed by atoms with Crippen molar-refractivity contribution in [1.29, 1.82) is 0 Å². The van der Waals surface area contributed by atoms with Gasteiger partial charge >= 0.3 is 0 Å². The fourth-order valence-corrected chi connectivity index (χ4v) is 3.97. The molecule has 0 radical (unpaired) electrons. The minimum Gasteiger partial charge on any atom is -0.391 e. The smallest absolute Gasteiger partial charge is 0.248 e. The Labute approximate surface area is 155 Å². The fourth-order valence-electron chi connectivity index (χ4n) is 3.30. The molecule has 140 valence electrons. The number of nitrogens with one attached hydrogen (secondary N) is 1. The number of β-amino-alcohol motifs (C(OH)–C–C–N with tert-alkyl or cyclic N) is 1. The van der Waals surface area contributed by atoms with Crippen LogP contribution in [0.3, 0.4) is 0 Å².